The van der Waals surface area contributed by atoms with Crippen molar-refractivity contribution >= 4 is 46.9 Å². The molecular weight excluding hydrogens is 896 g/mol. The Kier molecular flexibility index (Phi) is 13.1. The number of rotatable bonds is 15. The van der Waals surface area contributed by atoms with Crippen LogP contribution in [0.15, 0.2) is 226 Å². The van der Waals surface area contributed by atoms with Crippen LogP contribution in [0.3, 0.4) is 0 Å². The minimum atomic E-state index is -4.26. The van der Waals surface area contributed by atoms with Gasteiger partial charge >= 0.3 is 23.0 Å². The minimum Gasteiger partial charge on any atom is -0.422 e. The standard InChI is InChI=1S/C53H50N3O6P3Si/c1-41-21-31-46(32-22-41)57-63(58-47-33-23-42(2)24-34-47)54-64(59-48-35-25-43(3)26-36-48,60-49-37-27-44(4)28-38-49)56-65(55-63,61-50-39-29-45(5)30-40-50)62-66(51-15-9-6-10-16-51,52-17-11-7-12-18-52)53-19-13-8-14-20-53/h6-40H,1-5H3. The van der Waals surface area contributed by atoms with Crippen LogP contribution in [0.4, 0.5) is 0 Å². The number of benzene rings is 8. The summed E-state index contributed by atoms with van der Waals surface area (Å²) in [5.41, 5.74) is 5.24. The Morgan fingerprint density at radius 3 is 0.742 bits per heavy atom. The van der Waals surface area contributed by atoms with E-state index in [0.29, 0.717) is 28.7 Å². The molecular formula is C53H50N3O6P3Si. The normalized spacial score (nSPS) is 16.1. The van der Waals surface area contributed by atoms with E-state index in [2.05, 4.69) is 36.4 Å². The molecule has 0 fully saturated rings. The van der Waals surface area contributed by atoms with E-state index < -0.39 is 31.3 Å². The van der Waals surface area contributed by atoms with Gasteiger partial charge in [-0.15, -0.1) is 9.03 Å². The Balaban J connectivity index is 1.45. The maximum Gasteiger partial charge on any atom is 0.459 e. The van der Waals surface area contributed by atoms with Crippen LogP contribution < -0.4 is 38.2 Å². The minimum absolute atomic E-state index is 0.463. The van der Waals surface area contributed by atoms with Crippen LogP contribution >= 0.6 is 23.0 Å². The molecule has 1 atom stereocenters. The van der Waals surface area contributed by atoms with Crippen molar-refractivity contribution in [1.29, 1.82) is 0 Å². The average molecular weight is 946 g/mol. The van der Waals surface area contributed by atoms with Crippen molar-refractivity contribution in [2.24, 2.45) is 13.5 Å². The van der Waals surface area contributed by atoms with Gasteiger partial charge in [0.05, 0.1) is 0 Å². The summed E-state index contributed by atoms with van der Waals surface area (Å²) >= 11 is 0. The topological polar surface area (TPSA) is 92.5 Å². The number of hydrogen-bond acceptors (Lipinski definition) is 9. The number of aryl methyl sites for hydroxylation is 5. The van der Waals surface area contributed by atoms with Crippen LogP contribution in [0.25, 0.3) is 0 Å². The lowest BCUT2D eigenvalue weighted by atomic mass is 10.2. The van der Waals surface area contributed by atoms with Gasteiger partial charge in [0.25, 0.3) is 8.32 Å². The fourth-order valence-corrected chi connectivity index (χ4v) is 22.4. The molecule has 66 heavy (non-hydrogen) atoms. The van der Waals surface area contributed by atoms with Crippen molar-refractivity contribution < 1.29 is 26.8 Å². The van der Waals surface area contributed by atoms with Crippen molar-refractivity contribution in [3.8, 4) is 28.7 Å². The Morgan fingerprint density at radius 2 is 0.485 bits per heavy atom. The highest BCUT2D eigenvalue weighted by atomic mass is 31.3. The third-order valence-corrected chi connectivity index (χ3v) is 23.9. The van der Waals surface area contributed by atoms with Crippen LogP contribution in [-0.4, -0.2) is 8.32 Å². The van der Waals surface area contributed by atoms with E-state index in [0.717, 1.165) is 43.4 Å². The summed E-state index contributed by atoms with van der Waals surface area (Å²) in [7, 11) is -16.3. The van der Waals surface area contributed by atoms with Gasteiger partial charge in [-0.2, -0.15) is 0 Å². The molecule has 0 bridgehead atoms. The van der Waals surface area contributed by atoms with E-state index in [1.54, 1.807) is 0 Å². The molecule has 0 N–H and O–H groups in total. The highest BCUT2D eigenvalue weighted by molar-refractivity contribution is 7.79. The quantitative estimate of drug-likeness (QED) is 0.0577. The second-order valence-electron chi connectivity index (χ2n) is 16.1. The Labute approximate surface area is 388 Å². The van der Waals surface area contributed by atoms with E-state index in [9.17, 15) is 0 Å². The van der Waals surface area contributed by atoms with Crippen molar-refractivity contribution in [3.05, 3.63) is 240 Å². The molecule has 1 aliphatic heterocycles. The summed E-state index contributed by atoms with van der Waals surface area (Å²) in [6.07, 6.45) is 0. The second kappa shape index (κ2) is 19.2. The summed E-state index contributed by atoms with van der Waals surface area (Å²) in [4.78, 5) is 0. The van der Waals surface area contributed by atoms with Crippen LogP contribution in [0.2, 0.25) is 0 Å². The molecule has 0 spiro atoms. The van der Waals surface area contributed by atoms with Gasteiger partial charge in [0.2, 0.25) is 0 Å². The monoisotopic (exact) mass is 945 g/mol. The molecule has 0 radical (unpaired) electrons. The number of hydrogen-bond donors (Lipinski definition) is 0. The zero-order valence-corrected chi connectivity index (χ0v) is 41.0. The van der Waals surface area contributed by atoms with Gasteiger partial charge in [0.15, 0.2) is 0 Å². The van der Waals surface area contributed by atoms with Crippen LogP contribution in [-0.2, 0) is 4.21 Å². The van der Waals surface area contributed by atoms with Crippen molar-refractivity contribution in [3.63, 3.8) is 0 Å². The molecule has 9 nitrogen and oxygen atoms in total. The molecule has 13 heteroatoms. The van der Waals surface area contributed by atoms with E-state index in [1.165, 1.54) is 0 Å². The zero-order valence-electron chi connectivity index (χ0n) is 37.3. The van der Waals surface area contributed by atoms with Gasteiger partial charge in [-0.25, -0.2) is 0 Å². The predicted molar refractivity (Wildman–Crippen MR) is 272 cm³/mol. The summed E-state index contributed by atoms with van der Waals surface area (Å²) in [6.45, 7) is 10.1. The summed E-state index contributed by atoms with van der Waals surface area (Å²) < 4.78 is 61.2. The van der Waals surface area contributed by atoms with E-state index in [4.69, 9.17) is 40.4 Å². The molecule has 8 aromatic rings. The molecule has 0 aliphatic carbocycles. The Morgan fingerprint density at radius 1 is 0.273 bits per heavy atom. The molecule has 0 amide bonds. The first-order chi connectivity index (χ1) is 32.0. The van der Waals surface area contributed by atoms with Gasteiger partial charge < -0.3 is 26.8 Å². The molecule has 8 aromatic carbocycles. The Hall–Kier alpha value is -6.37. The maximum absolute atomic E-state index is 8.17. The molecule has 9 rings (SSSR count). The highest BCUT2D eigenvalue weighted by Gasteiger charge is 2.54. The first kappa shape index (κ1) is 44.8. The molecule has 1 heterocycles. The molecule has 0 saturated carbocycles. The zero-order chi connectivity index (χ0) is 45.6. The van der Waals surface area contributed by atoms with Crippen LogP contribution in [0.5, 0.6) is 28.7 Å². The molecule has 0 aromatic heterocycles. The number of nitrogens with zero attached hydrogens (tertiary/aromatic N) is 3. The lowest BCUT2D eigenvalue weighted by Crippen LogP contribution is -2.68. The van der Waals surface area contributed by atoms with Crippen LogP contribution in [0, 0.1) is 34.6 Å². The third kappa shape index (κ3) is 10.2. The lowest BCUT2D eigenvalue weighted by Gasteiger charge is -2.39. The van der Waals surface area contributed by atoms with Crippen molar-refractivity contribution in [2.45, 2.75) is 34.6 Å². The summed E-state index contributed by atoms with van der Waals surface area (Å²) in [6, 6.07) is 69.4. The van der Waals surface area contributed by atoms with Gasteiger partial charge in [0.1, 0.15) is 28.7 Å². The third-order valence-electron chi connectivity index (χ3n) is 10.7. The molecule has 1 aliphatic rings. The largest absolute Gasteiger partial charge is 0.459 e. The molecule has 1 unspecified atom stereocenters. The van der Waals surface area contributed by atoms with Gasteiger partial charge in [-0.05, 0) is 111 Å². The highest BCUT2D eigenvalue weighted by Crippen LogP contribution is 2.79. The molecule has 332 valence electrons. The fourth-order valence-electron chi connectivity index (χ4n) is 7.29. The lowest BCUT2D eigenvalue weighted by molar-refractivity contribution is 0.445. The van der Waals surface area contributed by atoms with E-state index in [-0.39, 0.29) is 0 Å². The Bertz CT molecular complexity index is 2790. The van der Waals surface area contributed by atoms with Gasteiger partial charge in [0, 0.05) is 0 Å². The van der Waals surface area contributed by atoms with Crippen molar-refractivity contribution in [2.75, 3.05) is 0 Å². The average Bonchev–Trinajstić information content (AvgIpc) is 3.33. The van der Waals surface area contributed by atoms with Gasteiger partial charge in [-0.1, -0.05) is 184 Å². The maximum atomic E-state index is 8.17. The second-order valence-corrected chi connectivity index (χ2v) is 26.0. The van der Waals surface area contributed by atoms with E-state index in [1.807, 2.05) is 211 Å². The van der Waals surface area contributed by atoms with Gasteiger partial charge in [-0.3, -0.25) is 0 Å². The van der Waals surface area contributed by atoms with E-state index >= 15 is 0 Å². The molecule has 0 saturated heterocycles. The first-order valence-electron chi connectivity index (χ1n) is 21.6. The fraction of sp³-hybridized carbons (Fsp3) is 0.0943. The first-order valence-corrected chi connectivity index (χ1v) is 28.1. The SMILES string of the molecule is Cc1ccc(OP2(Oc3ccc(C)cc3)=NP(Oc3ccc(C)cc3)(Oc3ccc(C)cc3)=NP(Oc3ccc(C)cc3)(O[Si](c3ccccc3)(c3ccccc3)c3ccccc3)=N2)cc1. The van der Waals surface area contributed by atoms with Crippen molar-refractivity contribution in [1.82, 2.24) is 0 Å². The summed E-state index contributed by atoms with van der Waals surface area (Å²) in [5.74, 6) is 2.32. The summed E-state index contributed by atoms with van der Waals surface area (Å²) in [5, 5.41) is 2.81. The predicted octanol–water partition coefficient (Wildman–Crippen LogP) is 14.5. The van der Waals surface area contributed by atoms with Crippen LogP contribution in [0.1, 0.15) is 27.8 Å². The smallest absolute Gasteiger partial charge is 0.422 e.